The van der Waals surface area contributed by atoms with E-state index in [0.717, 1.165) is 15.7 Å². The van der Waals surface area contributed by atoms with Crippen molar-refractivity contribution in [1.82, 2.24) is 0 Å². The Balaban J connectivity index is 1.81. The summed E-state index contributed by atoms with van der Waals surface area (Å²) < 4.78 is 6.16. The summed E-state index contributed by atoms with van der Waals surface area (Å²) in [5, 5.41) is 4.09. The van der Waals surface area contributed by atoms with Crippen molar-refractivity contribution in [2.75, 3.05) is 5.32 Å². The number of anilines is 1. The van der Waals surface area contributed by atoms with E-state index in [4.69, 9.17) is 4.42 Å². The Bertz CT molecular complexity index is 976. The maximum Gasteiger partial charge on any atom is 0.336 e. The van der Waals surface area contributed by atoms with E-state index in [-0.39, 0.29) is 11.8 Å². The zero-order chi connectivity index (χ0) is 16.0. The van der Waals surface area contributed by atoms with E-state index in [1.54, 1.807) is 18.2 Å². The van der Waals surface area contributed by atoms with Crippen LogP contribution in [0.3, 0.4) is 0 Å². The maximum atomic E-state index is 12.7. The average molecular weight is 370 g/mol. The van der Waals surface area contributed by atoms with E-state index < -0.39 is 5.63 Å². The standard InChI is InChI=1S/C18H12BrNO3/c19-11-3-1-10(2-4-11)14-9-15(21)18-12-5-8-17(22)23-16(12)7-6-13(18)20-14/h1-8,14,20H,9H2. The summed E-state index contributed by atoms with van der Waals surface area (Å²) in [7, 11) is 0. The first-order valence-corrected chi connectivity index (χ1v) is 8.03. The van der Waals surface area contributed by atoms with E-state index in [9.17, 15) is 9.59 Å². The number of ketones is 1. The van der Waals surface area contributed by atoms with Crippen molar-refractivity contribution >= 4 is 38.4 Å². The smallest absolute Gasteiger partial charge is 0.336 e. The molecule has 0 saturated carbocycles. The van der Waals surface area contributed by atoms with Crippen LogP contribution in [-0.2, 0) is 0 Å². The van der Waals surface area contributed by atoms with Gasteiger partial charge in [0, 0.05) is 28.0 Å². The van der Waals surface area contributed by atoms with Gasteiger partial charge < -0.3 is 9.73 Å². The zero-order valence-electron chi connectivity index (χ0n) is 12.0. The SMILES string of the molecule is O=C1CC(c2ccc(Br)cc2)Nc2ccc3oc(=O)ccc3c21. The number of Topliss-reactive ketones (excluding diaryl/α,β-unsaturated/α-hetero) is 1. The molecule has 1 aromatic heterocycles. The zero-order valence-corrected chi connectivity index (χ0v) is 13.6. The summed E-state index contributed by atoms with van der Waals surface area (Å²) in [5.74, 6) is 0.0473. The van der Waals surface area contributed by atoms with Crippen LogP contribution in [0.25, 0.3) is 11.0 Å². The highest BCUT2D eigenvalue weighted by Crippen LogP contribution is 2.36. The minimum absolute atomic E-state index is 0.0473. The molecule has 0 spiro atoms. The first-order chi connectivity index (χ1) is 11.1. The molecule has 23 heavy (non-hydrogen) atoms. The minimum atomic E-state index is -0.415. The molecule has 0 aliphatic carbocycles. The van der Waals surface area contributed by atoms with Gasteiger partial charge in [-0.3, -0.25) is 4.79 Å². The first kappa shape index (κ1) is 14.2. The Hall–Kier alpha value is -2.40. The van der Waals surface area contributed by atoms with Crippen molar-refractivity contribution in [3.05, 3.63) is 74.6 Å². The largest absolute Gasteiger partial charge is 0.423 e. The molecular weight excluding hydrogens is 358 g/mol. The third kappa shape index (κ3) is 2.47. The normalized spacial score (nSPS) is 16.9. The van der Waals surface area contributed by atoms with Crippen LogP contribution in [-0.4, -0.2) is 5.78 Å². The van der Waals surface area contributed by atoms with E-state index in [1.165, 1.54) is 6.07 Å². The molecule has 114 valence electrons. The van der Waals surface area contributed by atoms with Crippen LogP contribution in [0.4, 0.5) is 5.69 Å². The molecule has 0 fully saturated rings. The molecule has 3 aromatic rings. The maximum absolute atomic E-state index is 12.7. The van der Waals surface area contributed by atoms with Gasteiger partial charge in [-0.15, -0.1) is 0 Å². The van der Waals surface area contributed by atoms with Gasteiger partial charge in [-0.1, -0.05) is 28.1 Å². The lowest BCUT2D eigenvalue weighted by Gasteiger charge is -2.27. The van der Waals surface area contributed by atoms with Crippen LogP contribution in [0.15, 0.2) is 62.2 Å². The molecule has 4 nitrogen and oxygen atoms in total. The molecule has 1 atom stereocenters. The van der Waals surface area contributed by atoms with Crippen molar-refractivity contribution in [3.8, 4) is 0 Å². The number of benzene rings is 2. The number of rotatable bonds is 1. The Labute approximate surface area is 140 Å². The highest BCUT2D eigenvalue weighted by molar-refractivity contribution is 9.10. The molecule has 1 N–H and O–H groups in total. The lowest BCUT2D eigenvalue weighted by molar-refractivity contribution is 0.0974. The number of hydrogen-bond donors (Lipinski definition) is 1. The molecule has 0 saturated heterocycles. The van der Waals surface area contributed by atoms with Crippen LogP contribution in [0, 0.1) is 0 Å². The van der Waals surface area contributed by atoms with E-state index in [0.29, 0.717) is 23.0 Å². The summed E-state index contributed by atoms with van der Waals surface area (Å²) in [6.07, 6.45) is 0.368. The van der Waals surface area contributed by atoms with Crippen molar-refractivity contribution in [1.29, 1.82) is 0 Å². The summed E-state index contributed by atoms with van der Waals surface area (Å²) in [6, 6.07) is 14.4. The van der Waals surface area contributed by atoms with Gasteiger partial charge in [0.1, 0.15) is 5.58 Å². The second kappa shape index (κ2) is 5.35. The number of hydrogen-bond acceptors (Lipinski definition) is 4. The van der Waals surface area contributed by atoms with Crippen LogP contribution in [0.2, 0.25) is 0 Å². The van der Waals surface area contributed by atoms with Gasteiger partial charge in [-0.05, 0) is 35.9 Å². The Morgan fingerprint density at radius 2 is 1.78 bits per heavy atom. The van der Waals surface area contributed by atoms with Gasteiger partial charge in [0.05, 0.1) is 11.6 Å². The summed E-state index contributed by atoms with van der Waals surface area (Å²) in [6.45, 7) is 0. The summed E-state index contributed by atoms with van der Waals surface area (Å²) in [5.41, 5.74) is 2.46. The van der Waals surface area contributed by atoms with Gasteiger partial charge in [-0.25, -0.2) is 4.79 Å². The molecule has 4 rings (SSSR count). The third-order valence-electron chi connectivity index (χ3n) is 4.07. The van der Waals surface area contributed by atoms with Crippen LogP contribution >= 0.6 is 15.9 Å². The lowest BCUT2D eigenvalue weighted by Crippen LogP contribution is -2.23. The van der Waals surface area contributed by atoms with Gasteiger partial charge >= 0.3 is 5.63 Å². The Kier molecular flexibility index (Phi) is 3.31. The number of fused-ring (bicyclic) bond motifs is 3. The third-order valence-corrected chi connectivity index (χ3v) is 4.60. The van der Waals surface area contributed by atoms with E-state index in [1.807, 2.05) is 24.3 Å². The number of halogens is 1. The van der Waals surface area contributed by atoms with Crippen LogP contribution in [0.1, 0.15) is 28.4 Å². The highest BCUT2D eigenvalue weighted by Gasteiger charge is 2.27. The van der Waals surface area contributed by atoms with Gasteiger partial charge in [0.25, 0.3) is 0 Å². The Morgan fingerprint density at radius 3 is 2.57 bits per heavy atom. The van der Waals surface area contributed by atoms with Crippen molar-refractivity contribution < 1.29 is 9.21 Å². The molecule has 1 aliphatic heterocycles. The Morgan fingerprint density at radius 1 is 1.00 bits per heavy atom. The number of nitrogens with one attached hydrogen (secondary N) is 1. The number of carbonyl (C=O) groups is 1. The second-order valence-corrected chi connectivity index (χ2v) is 6.45. The van der Waals surface area contributed by atoms with Crippen molar-refractivity contribution in [2.45, 2.75) is 12.5 Å². The predicted molar refractivity (Wildman–Crippen MR) is 91.9 cm³/mol. The fraction of sp³-hybridized carbons (Fsp3) is 0.111. The van der Waals surface area contributed by atoms with Crippen LogP contribution in [0.5, 0.6) is 0 Å². The van der Waals surface area contributed by atoms with Gasteiger partial charge in [0.2, 0.25) is 0 Å². The molecule has 2 heterocycles. The molecule has 1 unspecified atom stereocenters. The average Bonchev–Trinajstić information content (AvgIpc) is 2.54. The molecule has 2 aromatic carbocycles. The lowest BCUT2D eigenvalue weighted by atomic mass is 9.90. The monoisotopic (exact) mass is 369 g/mol. The fourth-order valence-corrected chi connectivity index (χ4v) is 3.26. The second-order valence-electron chi connectivity index (χ2n) is 5.53. The molecule has 1 aliphatic rings. The van der Waals surface area contributed by atoms with Gasteiger partial charge in [-0.2, -0.15) is 0 Å². The topological polar surface area (TPSA) is 59.3 Å². The summed E-state index contributed by atoms with van der Waals surface area (Å²) in [4.78, 5) is 24.0. The van der Waals surface area contributed by atoms with E-state index in [2.05, 4.69) is 21.2 Å². The summed E-state index contributed by atoms with van der Waals surface area (Å²) >= 11 is 3.42. The highest BCUT2D eigenvalue weighted by atomic mass is 79.9. The predicted octanol–water partition coefficient (Wildman–Crippen LogP) is 4.30. The van der Waals surface area contributed by atoms with Gasteiger partial charge in [0.15, 0.2) is 5.78 Å². The minimum Gasteiger partial charge on any atom is -0.423 e. The molecular formula is C18H12BrNO3. The van der Waals surface area contributed by atoms with Crippen molar-refractivity contribution in [2.24, 2.45) is 0 Å². The fourth-order valence-electron chi connectivity index (χ4n) is 2.99. The van der Waals surface area contributed by atoms with E-state index >= 15 is 0 Å². The molecule has 0 radical (unpaired) electrons. The van der Waals surface area contributed by atoms with Crippen LogP contribution < -0.4 is 10.9 Å². The molecule has 0 bridgehead atoms. The van der Waals surface area contributed by atoms with Crippen molar-refractivity contribution in [3.63, 3.8) is 0 Å². The first-order valence-electron chi connectivity index (χ1n) is 7.24. The number of carbonyl (C=O) groups excluding carboxylic acids is 1. The quantitative estimate of drug-likeness (QED) is 0.649. The molecule has 5 heteroatoms. The molecule has 0 amide bonds.